The van der Waals surface area contributed by atoms with Crippen LogP contribution in [0.5, 0.6) is 0 Å². The second kappa shape index (κ2) is 9.15. The van der Waals surface area contributed by atoms with E-state index in [2.05, 4.69) is 25.4 Å². The van der Waals surface area contributed by atoms with Crippen LogP contribution in [-0.2, 0) is 11.2 Å². The number of hydrogen-bond donors (Lipinski definition) is 2. The molecule has 4 heterocycles. The van der Waals surface area contributed by atoms with Crippen molar-refractivity contribution in [1.29, 1.82) is 0 Å². The number of anilines is 1. The van der Waals surface area contributed by atoms with Gasteiger partial charge in [-0.05, 0) is 50.1 Å². The number of hydrogen-bond acceptors (Lipinski definition) is 7. The van der Waals surface area contributed by atoms with Crippen molar-refractivity contribution in [3.05, 3.63) is 71.4 Å². The van der Waals surface area contributed by atoms with Crippen LogP contribution in [0.2, 0.25) is 0 Å². The van der Waals surface area contributed by atoms with Gasteiger partial charge in [0.05, 0.1) is 6.20 Å². The summed E-state index contributed by atoms with van der Waals surface area (Å²) in [6.07, 6.45) is 5.55. The van der Waals surface area contributed by atoms with Crippen LogP contribution >= 0.6 is 11.8 Å². The molecule has 4 rings (SSSR count). The molecule has 4 aromatic heterocycles. The van der Waals surface area contributed by atoms with E-state index in [1.54, 1.807) is 23.0 Å². The molecule has 0 spiro atoms. The summed E-state index contributed by atoms with van der Waals surface area (Å²) in [6, 6.07) is 9.23. The lowest BCUT2D eigenvalue weighted by Crippen LogP contribution is -2.15. The van der Waals surface area contributed by atoms with Crippen LogP contribution in [0.15, 0.2) is 59.0 Å². The number of pyridine rings is 2. The quantitative estimate of drug-likeness (QED) is 0.446. The normalized spacial score (nSPS) is 10.9. The molecule has 0 aliphatic carbocycles. The number of primary amides is 1. The first-order valence-electron chi connectivity index (χ1n) is 9.91. The molecule has 0 aliphatic heterocycles. The first-order chi connectivity index (χ1) is 15.4. The number of carbonyl (C=O) groups excluding carboxylic acids is 2. The molecule has 4 aromatic rings. The smallest absolute Gasteiger partial charge is 0.254 e. The molecule has 2 amide bonds. The molecule has 0 saturated heterocycles. The monoisotopic (exact) mass is 447 g/mol. The molecular formula is C22H21N7O2S. The zero-order valence-electron chi connectivity index (χ0n) is 17.6. The highest BCUT2D eigenvalue weighted by atomic mass is 32.2. The molecule has 0 atom stereocenters. The number of aromatic nitrogens is 5. The van der Waals surface area contributed by atoms with Crippen molar-refractivity contribution in [2.75, 3.05) is 5.32 Å². The van der Waals surface area contributed by atoms with Crippen molar-refractivity contribution in [3.8, 4) is 0 Å². The molecule has 0 aromatic carbocycles. The Bertz CT molecular complexity index is 1300. The summed E-state index contributed by atoms with van der Waals surface area (Å²) in [5, 5.41) is 8.71. The van der Waals surface area contributed by atoms with Crippen LogP contribution in [0.25, 0.3) is 5.65 Å². The van der Waals surface area contributed by atoms with Crippen molar-refractivity contribution in [1.82, 2.24) is 24.6 Å². The van der Waals surface area contributed by atoms with Crippen molar-refractivity contribution >= 4 is 34.9 Å². The molecule has 162 valence electrons. The zero-order valence-corrected chi connectivity index (χ0v) is 18.4. The third-order valence-corrected chi connectivity index (χ3v) is 5.82. The van der Waals surface area contributed by atoms with E-state index in [4.69, 9.17) is 5.73 Å². The Balaban J connectivity index is 1.44. The van der Waals surface area contributed by atoms with Gasteiger partial charge in [-0.1, -0.05) is 17.8 Å². The predicted octanol–water partition coefficient (Wildman–Crippen LogP) is 2.96. The lowest BCUT2D eigenvalue weighted by molar-refractivity contribution is -0.116. The van der Waals surface area contributed by atoms with E-state index in [-0.39, 0.29) is 17.9 Å². The van der Waals surface area contributed by atoms with Crippen LogP contribution in [0.3, 0.4) is 0 Å². The zero-order chi connectivity index (χ0) is 22.7. The first-order valence-corrected chi connectivity index (χ1v) is 10.7. The Labute approximate surface area is 188 Å². The van der Waals surface area contributed by atoms with Gasteiger partial charge in [0.2, 0.25) is 5.91 Å². The van der Waals surface area contributed by atoms with Gasteiger partial charge in [-0.3, -0.25) is 9.59 Å². The third-order valence-electron chi connectivity index (χ3n) is 4.94. The SMILES string of the molecule is Cc1nc2c(C(N)=O)cnn2c(C)c1CCC(=O)Nc1ccnc(Sc2ccccn2)c1. The highest BCUT2D eigenvalue weighted by Crippen LogP contribution is 2.25. The molecule has 3 N–H and O–H groups in total. The predicted molar refractivity (Wildman–Crippen MR) is 121 cm³/mol. The lowest BCUT2D eigenvalue weighted by atomic mass is 10.1. The second-order valence-corrected chi connectivity index (χ2v) is 8.16. The van der Waals surface area contributed by atoms with Gasteiger partial charge in [0.25, 0.3) is 5.91 Å². The molecule has 0 saturated carbocycles. The minimum absolute atomic E-state index is 0.123. The number of nitrogens with zero attached hydrogens (tertiary/aromatic N) is 5. The highest BCUT2D eigenvalue weighted by Gasteiger charge is 2.17. The van der Waals surface area contributed by atoms with E-state index in [9.17, 15) is 9.59 Å². The van der Waals surface area contributed by atoms with Crippen molar-refractivity contribution in [2.24, 2.45) is 5.73 Å². The Morgan fingerprint density at radius 2 is 1.94 bits per heavy atom. The van der Waals surface area contributed by atoms with Crippen LogP contribution < -0.4 is 11.1 Å². The average molecular weight is 448 g/mol. The van der Waals surface area contributed by atoms with E-state index >= 15 is 0 Å². The van der Waals surface area contributed by atoms with Gasteiger partial charge in [-0.2, -0.15) is 5.10 Å². The Kier molecular flexibility index (Phi) is 6.13. The summed E-state index contributed by atoms with van der Waals surface area (Å²) < 4.78 is 1.59. The number of carbonyl (C=O) groups is 2. The number of nitrogens with one attached hydrogen (secondary N) is 1. The molecule has 0 unspecified atom stereocenters. The first kappa shape index (κ1) is 21.4. The summed E-state index contributed by atoms with van der Waals surface area (Å²) in [5.74, 6) is -0.696. The van der Waals surface area contributed by atoms with Crippen LogP contribution in [0, 0.1) is 13.8 Å². The summed E-state index contributed by atoms with van der Waals surface area (Å²) in [6.45, 7) is 3.73. The second-order valence-electron chi connectivity index (χ2n) is 7.12. The molecule has 0 radical (unpaired) electrons. The van der Waals surface area contributed by atoms with Gasteiger partial charge >= 0.3 is 0 Å². The number of amides is 2. The number of nitrogens with two attached hydrogens (primary N) is 1. The van der Waals surface area contributed by atoms with Gasteiger partial charge in [0.15, 0.2) is 5.65 Å². The van der Waals surface area contributed by atoms with Crippen LogP contribution in [-0.4, -0.2) is 36.4 Å². The minimum atomic E-state index is -0.573. The maximum absolute atomic E-state index is 12.6. The van der Waals surface area contributed by atoms with E-state index in [1.807, 2.05) is 38.1 Å². The van der Waals surface area contributed by atoms with E-state index in [1.165, 1.54) is 18.0 Å². The molecule has 0 fully saturated rings. The fraction of sp³-hybridized carbons (Fsp3) is 0.182. The molecule has 9 nitrogen and oxygen atoms in total. The van der Waals surface area contributed by atoms with Gasteiger partial charge in [0, 0.05) is 35.9 Å². The fourth-order valence-electron chi connectivity index (χ4n) is 3.37. The summed E-state index contributed by atoms with van der Waals surface area (Å²) in [4.78, 5) is 37.2. The fourth-order valence-corrected chi connectivity index (χ4v) is 4.14. The van der Waals surface area contributed by atoms with Gasteiger partial charge in [-0.25, -0.2) is 19.5 Å². The number of fused-ring (bicyclic) bond motifs is 1. The van der Waals surface area contributed by atoms with E-state index in [0.717, 1.165) is 27.0 Å². The van der Waals surface area contributed by atoms with Crippen LogP contribution in [0.4, 0.5) is 5.69 Å². The van der Waals surface area contributed by atoms with E-state index in [0.29, 0.717) is 17.8 Å². The maximum Gasteiger partial charge on any atom is 0.254 e. The third kappa shape index (κ3) is 4.59. The van der Waals surface area contributed by atoms with E-state index < -0.39 is 5.91 Å². The Hall–Kier alpha value is -3.79. The summed E-state index contributed by atoms with van der Waals surface area (Å²) >= 11 is 1.42. The molecular weight excluding hydrogens is 426 g/mol. The maximum atomic E-state index is 12.6. The number of aryl methyl sites for hydroxylation is 2. The topological polar surface area (TPSA) is 128 Å². The Morgan fingerprint density at radius 3 is 2.69 bits per heavy atom. The van der Waals surface area contributed by atoms with Gasteiger partial charge in [0.1, 0.15) is 15.6 Å². The summed E-state index contributed by atoms with van der Waals surface area (Å²) in [5.41, 5.74) is 9.24. The molecule has 10 heteroatoms. The van der Waals surface area contributed by atoms with Crippen molar-refractivity contribution < 1.29 is 9.59 Å². The largest absolute Gasteiger partial charge is 0.365 e. The van der Waals surface area contributed by atoms with Crippen LogP contribution in [0.1, 0.15) is 33.7 Å². The van der Waals surface area contributed by atoms with Crippen molar-refractivity contribution in [3.63, 3.8) is 0 Å². The standard InChI is InChI=1S/C22H21N7O2S/c1-13-16(14(2)29-22(27-13)17(12-26-29)21(23)31)6-7-18(30)28-15-8-10-25-20(11-15)32-19-5-3-4-9-24-19/h3-5,8-12H,6-7H2,1-2H3,(H2,23,31)(H,25,28,30). The van der Waals surface area contributed by atoms with Crippen molar-refractivity contribution in [2.45, 2.75) is 36.7 Å². The average Bonchev–Trinajstić information content (AvgIpc) is 3.19. The number of rotatable bonds is 7. The molecule has 0 aliphatic rings. The van der Waals surface area contributed by atoms with Gasteiger partial charge in [-0.15, -0.1) is 0 Å². The highest BCUT2D eigenvalue weighted by molar-refractivity contribution is 7.99. The summed E-state index contributed by atoms with van der Waals surface area (Å²) in [7, 11) is 0. The lowest BCUT2D eigenvalue weighted by Gasteiger charge is -2.12. The minimum Gasteiger partial charge on any atom is -0.365 e. The molecule has 32 heavy (non-hydrogen) atoms. The van der Waals surface area contributed by atoms with Gasteiger partial charge < -0.3 is 11.1 Å². The molecule has 0 bridgehead atoms. The Morgan fingerprint density at radius 1 is 1.12 bits per heavy atom.